The van der Waals surface area contributed by atoms with E-state index in [1.54, 1.807) is 0 Å². The van der Waals surface area contributed by atoms with E-state index in [9.17, 15) is 9.90 Å². The molecule has 1 aliphatic rings. The van der Waals surface area contributed by atoms with Crippen LogP contribution in [0, 0.1) is 11.8 Å². The molecule has 150 valence electrons. The van der Waals surface area contributed by atoms with Crippen molar-refractivity contribution in [2.75, 3.05) is 0 Å². The summed E-state index contributed by atoms with van der Waals surface area (Å²) in [5, 5.41) is 9.20. The fourth-order valence-electron chi connectivity index (χ4n) is 3.05. The Hall–Kier alpha value is -1.83. The van der Waals surface area contributed by atoms with Crippen LogP contribution in [0.15, 0.2) is 60.8 Å². The summed E-state index contributed by atoms with van der Waals surface area (Å²) in [5.74, 6) is -0.207. The topological polar surface area (TPSA) is 37.3 Å². The van der Waals surface area contributed by atoms with Gasteiger partial charge in [0.15, 0.2) is 0 Å². The molecule has 0 aromatic carbocycles. The SMILES string of the molecule is CC/C=C\C/C=C\C/C=C\C/C=C\C/C=C\CCCCC(C(=O)O)C1CC1. The summed E-state index contributed by atoms with van der Waals surface area (Å²) in [6.07, 6.45) is 33.5. The zero-order valence-corrected chi connectivity index (χ0v) is 17.1. The van der Waals surface area contributed by atoms with Crippen LogP contribution < -0.4 is 0 Å². The summed E-state index contributed by atoms with van der Waals surface area (Å²) >= 11 is 0. The van der Waals surface area contributed by atoms with Gasteiger partial charge in [0.2, 0.25) is 0 Å². The average Bonchev–Trinajstić information content (AvgIpc) is 3.48. The van der Waals surface area contributed by atoms with Gasteiger partial charge in [0.1, 0.15) is 0 Å². The Balaban J connectivity index is 1.93. The highest BCUT2D eigenvalue weighted by molar-refractivity contribution is 5.70. The Morgan fingerprint density at radius 1 is 0.815 bits per heavy atom. The molecule has 0 spiro atoms. The van der Waals surface area contributed by atoms with Crippen molar-refractivity contribution >= 4 is 5.97 Å². The Bertz CT molecular complexity index is 518. The number of rotatable bonds is 16. The molecule has 1 unspecified atom stereocenters. The highest BCUT2D eigenvalue weighted by Gasteiger charge is 2.35. The number of unbranched alkanes of at least 4 members (excludes halogenated alkanes) is 2. The molecule has 1 aliphatic carbocycles. The van der Waals surface area contributed by atoms with Gasteiger partial charge >= 0.3 is 5.97 Å². The molecule has 1 saturated carbocycles. The summed E-state index contributed by atoms with van der Waals surface area (Å²) in [6.45, 7) is 2.15. The summed E-state index contributed by atoms with van der Waals surface area (Å²) in [4.78, 5) is 11.2. The Morgan fingerprint density at radius 2 is 1.30 bits per heavy atom. The van der Waals surface area contributed by atoms with Crippen molar-refractivity contribution in [2.45, 2.75) is 77.6 Å². The third-order valence-electron chi connectivity index (χ3n) is 4.80. The van der Waals surface area contributed by atoms with Crippen LogP contribution in [-0.4, -0.2) is 11.1 Å². The summed E-state index contributed by atoms with van der Waals surface area (Å²) < 4.78 is 0. The lowest BCUT2D eigenvalue weighted by Crippen LogP contribution is -2.15. The van der Waals surface area contributed by atoms with Gasteiger partial charge in [0, 0.05) is 0 Å². The monoisotopic (exact) mass is 370 g/mol. The number of carbonyl (C=O) groups is 1. The van der Waals surface area contributed by atoms with E-state index in [0.29, 0.717) is 5.92 Å². The average molecular weight is 371 g/mol. The second kappa shape index (κ2) is 16.4. The van der Waals surface area contributed by atoms with Crippen molar-refractivity contribution < 1.29 is 9.90 Å². The number of allylic oxidation sites excluding steroid dienone is 10. The van der Waals surface area contributed by atoms with Crippen molar-refractivity contribution in [3.63, 3.8) is 0 Å². The smallest absolute Gasteiger partial charge is 0.306 e. The second-order valence-electron chi connectivity index (χ2n) is 7.27. The Morgan fingerprint density at radius 3 is 1.74 bits per heavy atom. The maximum absolute atomic E-state index is 11.2. The number of aliphatic carboxylic acids is 1. The number of carboxylic acids is 1. The fraction of sp³-hybridized carbons (Fsp3) is 0.560. The molecule has 0 aromatic rings. The predicted octanol–water partition coefficient (Wildman–Crippen LogP) is 7.41. The van der Waals surface area contributed by atoms with Crippen LogP contribution >= 0.6 is 0 Å². The molecule has 0 aromatic heterocycles. The lowest BCUT2D eigenvalue weighted by Gasteiger charge is -2.09. The maximum atomic E-state index is 11.2. The van der Waals surface area contributed by atoms with Crippen molar-refractivity contribution in [2.24, 2.45) is 11.8 Å². The lowest BCUT2D eigenvalue weighted by molar-refractivity contribution is -0.142. The molecule has 0 saturated heterocycles. The van der Waals surface area contributed by atoms with E-state index in [1.165, 1.54) is 0 Å². The number of hydrogen-bond acceptors (Lipinski definition) is 1. The van der Waals surface area contributed by atoms with Gasteiger partial charge in [-0.3, -0.25) is 4.79 Å². The minimum absolute atomic E-state index is 0.0849. The van der Waals surface area contributed by atoms with E-state index in [2.05, 4.69) is 67.7 Å². The third-order valence-corrected chi connectivity index (χ3v) is 4.80. The van der Waals surface area contributed by atoms with Gasteiger partial charge in [-0.1, -0.05) is 74.1 Å². The first-order chi connectivity index (χ1) is 13.3. The van der Waals surface area contributed by atoms with E-state index in [-0.39, 0.29) is 5.92 Å². The summed E-state index contributed by atoms with van der Waals surface area (Å²) in [5.41, 5.74) is 0. The molecule has 1 N–H and O–H groups in total. The molecule has 1 atom stereocenters. The summed E-state index contributed by atoms with van der Waals surface area (Å²) in [6, 6.07) is 0. The first-order valence-electron chi connectivity index (χ1n) is 10.7. The van der Waals surface area contributed by atoms with Crippen LogP contribution in [0.25, 0.3) is 0 Å². The van der Waals surface area contributed by atoms with Crippen LogP contribution in [0.5, 0.6) is 0 Å². The zero-order valence-electron chi connectivity index (χ0n) is 17.1. The van der Waals surface area contributed by atoms with Crippen molar-refractivity contribution in [3.05, 3.63) is 60.8 Å². The van der Waals surface area contributed by atoms with Gasteiger partial charge in [0.05, 0.1) is 5.92 Å². The highest BCUT2D eigenvalue weighted by atomic mass is 16.4. The Kier molecular flexibility index (Phi) is 14.1. The molecule has 2 nitrogen and oxygen atoms in total. The van der Waals surface area contributed by atoms with Crippen molar-refractivity contribution in [1.82, 2.24) is 0 Å². The van der Waals surface area contributed by atoms with E-state index in [4.69, 9.17) is 0 Å². The van der Waals surface area contributed by atoms with Gasteiger partial charge in [-0.25, -0.2) is 0 Å². The molecular formula is C25H38O2. The van der Waals surface area contributed by atoms with Crippen LogP contribution in [-0.2, 0) is 4.79 Å². The van der Waals surface area contributed by atoms with Gasteiger partial charge in [-0.05, 0) is 70.1 Å². The van der Waals surface area contributed by atoms with Gasteiger partial charge in [-0.2, -0.15) is 0 Å². The summed E-state index contributed by atoms with van der Waals surface area (Å²) in [7, 11) is 0. The van der Waals surface area contributed by atoms with E-state index < -0.39 is 5.97 Å². The molecule has 0 aliphatic heterocycles. The number of hydrogen-bond donors (Lipinski definition) is 1. The second-order valence-corrected chi connectivity index (χ2v) is 7.27. The molecule has 0 heterocycles. The normalized spacial score (nSPS) is 16.6. The molecule has 1 rings (SSSR count). The van der Waals surface area contributed by atoms with E-state index in [1.807, 2.05) is 0 Å². The molecule has 1 fully saturated rings. The first kappa shape index (κ1) is 23.2. The number of carboxylic acid groups (broad SMARTS) is 1. The standard InChI is InChI=1S/C25H38O2/c1-2-3-4-5-6-7-8-9-10-11-12-13-14-15-16-17-18-19-20-24(25(26)27)23-21-22-23/h3-4,6-7,9-10,12-13,15-16,23-24H,2,5,8,11,14,17-22H2,1H3,(H,26,27)/b4-3-,7-6-,10-9-,13-12-,16-15-. The third kappa shape index (κ3) is 14.0. The van der Waals surface area contributed by atoms with E-state index in [0.717, 1.165) is 70.6 Å². The highest BCUT2D eigenvalue weighted by Crippen LogP contribution is 2.39. The molecule has 2 heteroatoms. The molecule has 0 radical (unpaired) electrons. The minimum Gasteiger partial charge on any atom is -0.481 e. The quantitative estimate of drug-likeness (QED) is 0.227. The zero-order chi connectivity index (χ0) is 19.6. The molecule has 0 amide bonds. The van der Waals surface area contributed by atoms with Crippen molar-refractivity contribution in [3.8, 4) is 0 Å². The van der Waals surface area contributed by atoms with Crippen LogP contribution in [0.1, 0.15) is 77.6 Å². The van der Waals surface area contributed by atoms with Crippen LogP contribution in [0.2, 0.25) is 0 Å². The largest absolute Gasteiger partial charge is 0.481 e. The Labute approximate surface area is 166 Å². The van der Waals surface area contributed by atoms with Crippen molar-refractivity contribution in [1.29, 1.82) is 0 Å². The maximum Gasteiger partial charge on any atom is 0.306 e. The molecule has 0 bridgehead atoms. The van der Waals surface area contributed by atoms with Gasteiger partial charge in [0.25, 0.3) is 0 Å². The lowest BCUT2D eigenvalue weighted by atomic mass is 9.96. The fourth-order valence-corrected chi connectivity index (χ4v) is 3.05. The van der Waals surface area contributed by atoms with Crippen LogP contribution in [0.3, 0.4) is 0 Å². The first-order valence-corrected chi connectivity index (χ1v) is 10.7. The minimum atomic E-state index is -0.590. The van der Waals surface area contributed by atoms with Gasteiger partial charge < -0.3 is 5.11 Å². The van der Waals surface area contributed by atoms with Crippen LogP contribution in [0.4, 0.5) is 0 Å². The predicted molar refractivity (Wildman–Crippen MR) is 117 cm³/mol. The van der Waals surface area contributed by atoms with Gasteiger partial charge in [-0.15, -0.1) is 0 Å². The molecule has 27 heavy (non-hydrogen) atoms. The molecular weight excluding hydrogens is 332 g/mol. The van der Waals surface area contributed by atoms with E-state index >= 15 is 0 Å².